The second-order valence-electron chi connectivity index (χ2n) is 7.82. The average Bonchev–Trinajstić information content (AvgIpc) is 2.94. The van der Waals surface area contributed by atoms with Crippen molar-refractivity contribution in [1.82, 2.24) is 14.8 Å². The number of aromatic nitrogens is 1. The molecule has 26 heavy (non-hydrogen) atoms. The van der Waals surface area contributed by atoms with Crippen LogP contribution >= 0.6 is 22.9 Å². The van der Waals surface area contributed by atoms with Crippen LogP contribution in [-0.4, -0.2) is 46.9 Å². The summed E-state index contributed by atoms with van der Waals surface area (Å²) >= 11 is 7.66. The van der Waals surface area contributed by atoms with Gasteiger partial charge in [0.1, 0.15) is 0 Å². The molecule has 1 saturated heterocycles. The van der Waals surface area contributed by atoms with Crippen molar-refractivity contribution in [2.45, 2.75) is 39.2 Å². The van der Waals surface area contributed by atoms with Crippen molar-refractivity contribution >= 4 is 28.8 Å². The summed E-state index contributed by atoms with van der Waals surface area (Å²) in [4.78, 5) is 21.8. The fraction of sp³-hybridized carbons (Fsp3) is 0.500. The third-order valence-corrected chi connectivity index (χ3v) is 6.11. The molecule has 2 aromatic rings. The third-order valence-electron chi connectivity index (χ3n) is 4.55. The predicted octanol–water partition coefficient (Wildman–Crippen LogP) is 4.44. The van der Waals surface area contributed by atoms with Crippen molar-refractivity contribution in [3.63, 3.8) is 0 Å². The molecule has 0 unspecified atom stereocenters. The number of carbonyl (C=O) groups excluding carboxylic acids is 1. The van der Waals surface area contributed by atoms with Gasteiger partial charge in [0, 0.05) is 54.1 Å². The molecule has 0 saturated carbocycles. The van der Waals surface area contributed by atoms with Gasteiger partial charge in [0.25, 0.3) is 5.91 Å². The monoisotopic (exact) mass is 391 g/mol. The van der Waals surface area contributed by atoms with Gasteiger partial charge in [0.15, 0.2) is 0 Å². The van der Waals surface area contributed by atoms with Crippen LogP contribution in [0.5, 0.6) is 0 Å². The minimum Gasteiger partial charge on any atom is -0.337 e. The average molecular weight is 392 g/mol. The van der Waals surface area contributed by atoms with Gasteiger partial charge >= 0.3 is 0 Å². The maximum Gasteiger partial charge on any atom is 0.253 e. The van der Waals surface area contributed by atoms with E-state index < -0.39 is 0 Å². The van der Waals surface area contributed by atoms with Crippen LogP contribution in [0.25, 0.3) is 0 Å². The quantitative estimate of drug-likeness (QED) is 0.775. The van der Waals surface area contributed by atoms with E-state index in [1.807, 2.05) is 4.90 Å². The van der Waals surface area contributed by atoms with Crippen molar-refractivity contribution in [1.29, 1.82) is 0 Å². The highest BCUT2D eigenvalue weighted by molar-refractivity contribution is 7.09. The van der Waals surface area contributed by atoms with E-state index >= 15 is 0 Å². The second-order valence-corrected chi connectivity index (χ2v) is 9.12. The van der Waals surface area contributed by atoms with E-state index in [1.54, 1.807) is 35.6 Å². The van der Waals surface area contributed by atoms with E-state index in [2.05, 4.69) is 31.1 Å². The summed E-state index contributed by atoms with van der Waals surface area (Å²) in [5.74, 6) is 0.0900. The number of thiazole rings is 1. The molecule has 6 heteroatoms. The largest absolute Gasteiger partial charge is 0.337 e. The molecule has 1 aliphatic heterocycles. The summed E-state index contributed by atoms with van der Waals surface area (Å²) in [6.45, 7) is 10.9. The number of hydrogen-bond acceptors (Lipinski definition) is 4. The topological polar surface area (TPSA) is 36.4 Å². The summed E-state index contributed by atoms with van der Waals surface area (Å²) in [6.07, 6.45) is 0.982. The van der Waals surface area contributed by atoms with Gasteiger partial charge in [-0.25, -0.2) is 4.98 Å². The molecule has 1 aromatic carbocycles. The first-order chi connectivity index (χ1) is 12.3. The Bertz CT molecular complexity index is 751. The number of carbonyl (C=O) groups is 1. The highest BCUT2D eigenvalue weighted by Gasteiger charge is 2.22. The van der Waals surface area contributed by atoms with E-state index in [0.717, 1.165) is 44.8 Å². The Balaban J connectivity index is 1.58. The molecule has 3 rings (SSSR count). The van der Waals surface area contributed by atoms with Crippen LogP contribution in [0.2, 0.25) is 5.02 Å². The van der Waals surface area contributed by atoms with E-state index in [9.17, 15) is 4.79 Å². The number of amides is 1. The number of rotatable bonds is 3. The van der Waals surface area contributed by atoms with Crippen LogP contribution in [0.1, 0.15) is 48.3 Å². The maximum atomic E-state index is 12.7. The van der Waals surface area contributed by atoms with Crippen molar-refractivity contribution < 1.29 is 4.79 Å². The molecule has 1 fully saturated rings. The molecule has 1 aromatic heterocycles. The molecule has 1 amide bonds. The smallest absolute Gasteiger partial charge is 0.253 e. The van der Waals surface area contributed by atoms with Crippen molar-refractivity contribution in [2.75, 3.05) is 26.2 Å². The van der Waals surface area contributed by atoms with Crippen LogP contribution in [-0.2, 0) is 12.0 Å². The van der Waals surface area contributed by atoms with Crippen LogP contribution in [0.15, 0.2) is 29.6 Å². The lowest BCUT2D eigenvalue weighted by Gasteiger charge is -2.21. The first-order valence-corrected chi connectivity index (χ1v) is 10.3. The summed E-state index contributed by atoms with van der Waals surface area (Å²) in [7, 11) is 0. The Kier molecular flexibility index (Phi) is 6.00. The first kappa shape index (κ1) is 19.3. The molecule has 140 valence electrons. The van der Waals surface area contributed by atoms with Gasteiger partial charge < -0.3 is 4.90 Å². The Hall–Kier alpha value is -1.43. The van der Waals surface area contributed by atoms with E-state index in [4.69, 9.17) is 16.6 Å². The summed E-state index contributed by atoms with van der Waals surface area (Å²) in [5.41, 5.74) is 1.94. The van der Waals surface area contributed by atoms with E-state index in [-0.39, 0.29) is 11.3 Å². The van der Waals surface area contributed by atoms with E-state index in [1.165, 1.54) is 5.01 Å². The van der Waals surface area contributed by atoms with Gasteiger partial charge in [-0.2, -0.15) is 0 Å². The number of nitrogens with zero attached hydrogens (tertiary/aromatic N) is 3. The Morgan fingerprint density at radius 2 is 1.88 bits per heavy atom. The number of halogens is 1. The molecule has 0 aliphatic carbocycles. The normalized spacial score (nSPS) is 16.5. The molecular weight excluding hydrogens is 366 g/mol. The Labute approximate surface area is 164 Å². The summed E-state index contributed by atoms with van der Waals surface area (Å²) in [5, 5.41) is 4.01. The third kappa shape index (κ3) is 4.84. The highest BCUT2D eigenvalue weighted by Crippen LogP contribution is 2.26. The van der Waals surface area contributed by atoms with Gasteiger partial charge in [-0.1, -0.05) is 32.4 Å². The molecule has 0 spiro atoms. The van der Waals surface area contributed by atoms with Gasteiger partial charge in [0.2, 0.25) is 0 Å². The molecule has 0 atom stereocenters. The van der Waals surface area contributed by atoms with Crippen LogP contribution < -0.4 is 0 Å². The zero-order valence-corrected chi connectivity index (χ0v) is 17.2. The fourth-order valence-electron chi connectivity index (χ4n) is 3.06. The second kappa shape index (κ2) is 8.07. The van der Waals surface area contributed by atoms with Crippen LogP contribution in [0.4, 0.5) is 0 Å². The highest BCUT2D eigenvalue weighted by atomic mass is 35.5. The fourth-order valence-corrected chi connectivity index (χ4v) is 4.08. The molecular formula is C20H26ClN3OS. The zero-order valence-electron chi connectivity index (χ0n) is 15.7. The molecule has 2 heterocycles. The van der Waals surface area contributed by atoms with Gasteiger partial charge in [-0.05, 0) is 30.7 Å². The van der Waals surface area contributed by atoms with Gasteiger partial charge in [0.05, 0.1) is 10.7 Å². The minimum atomic E-state index is 0.0900. The Morgan fingerprint density at radius 3 is 2.54 bits per heavy atom. The minimum absolute atomic E-state index is 0.0900. The maximum absolute atomic E-state index is 12.7. The lowest BCUT2D eigenvalue weighted by molar-refractivity contribution is 0.0761. The predicted molar refractivity (Wildman–Crippen MR) is 108 cm³/mol. The zero-order chi connectivity index (χ0) is 18.7. The lowest BCUT2D eigenvalue weighted by Crippen LogP contribution is -2.35. The molecule has 0 radical (unpaired) electrons. The molecule has 1 aliphatic rings. The van der Waals surface area contributed by atoms with Crippen molar-refractivity contribution in [3.8, 4) is 0 Å². The Morgan fingerprint density at radius 1 is 1.15 bits per heavy atom. The molecule has 0 bridgehead atoms. The van der Waals surface area contributed by atoms with E-state index in [0.29, 0.717) is 10.6 Å². The van der Waals surface area contributed by atoms with Crippen molar-refractivity contribution in [2.24, 2.45) is 0 Å². The van der Waals surface area contributed by atoms with Crippen molar-refractivity contribution in [3.05, 3.63) is 50.9 Å². The summed E-state index contributed by atoms with van der Waals surface area (Å²) in [6, 6.07) is 7.15. The standard InChI is InChI=1S/C20H26ClN3OS/c1-20(2,3)19-22-17(14-26-19)13-23-9-4-10-24(12-11-23)18(25)15-5-7-16(21)8-6-15/h5-8,14H,4,9-13H2,1-3H3. The molecule has 0 N–H and O–H groups in total. The van der Waals surface area contributed by atoms with Gasteiger partial charge in [-0.15, -0.1) is 11.3 Å². The van der Waals surface area contributed by atoms with Crippen LogP contribution in [0.3, 0.4) is 0 Å². The van der Waals surface area contributed by atoms with Crippen LogP contribution in [0, 0.1) is 0 Å². The first-order valence-electron chi connectivity index (χ1n) is 9.05. The SMILES string of the molecule is CC(C)(C)c1nc(CN2CCCN(C(=O)c3ccc(Cl)cc3)CC2)cs1. The summed E-state index contributed by atoms with van der Waals surface area (Å²) < 4.78 is 0. The van der Waals surface area contributed by atoms with Gasteiger partial charge in [-0.3, -0.25) is 9.69 Å². The number of hydrogen-bond donors (Lipinski definition) is 0. The lowest BCUT2D eigenvalue weighted by atomic mass is 9.98. The number of benzene rings is 1. The molecule has 4 nitrogen and oxygen atoms in total.